The molecule has 3 saturated heterocycles. The molecule has 18 heavy (non-hydrogen) atoms. The molecule has 4 rings (SSSR count). The third-order valence-electron chi connectivity index (χ3n) is 4.17. The number of nitrogens with zero attached hydrogens (tertiary/aromatic N) is 1. The number of hydrogen-bond acceptors (Lipinski definition) is 3. The van der Waals surface area contributed by atoms with Crippen LogP contribution in [-0.2, 0) is 0 Å². The molecule has 0 aliphatic carbocycles. The minimum absolute atomic E-state index is 0.202. The monoisotopic (exact) mass is 250 g/mol. The number of rotatable bonds is 3. The second-order valence-corrected chi connectivity index (χ2v) is 5.23. The summed E-state index contributed by atoms with van der Waals surface area (Å²) in [5.74, 6) is 1.17. The Morgan fingerprint density at radius 1 is 1.33 bits per heavy atom. The number of halogens is 1. The molecule has 1 atom stereocenters. The average molecular weight is 250 g/mol. The zero-order chi connectivity index (χ0) is 12.5. The number of ether oxygens (including phenoxy) is 1. The predicted octanol–water partition coefficient (Wildman–Crippen LogP) is 2.34. The van der Waals surface area contributed by atoms with E-state index in [9.17, 15) is 4.39 Å². The van der Waals surface area contributed by atoms with E-state index in [2.05, 4.69) is 10.2 Å². The summed E-state index contributed by atoms with van der Waals surface area (Å²) in [7, 11) is 1.60. The van der Waals surface area contributed by atoms with Crippen molar-refractivity contribution < 1.29 is 9.13 Å². The zero-order valence-corrected chi connectivity index (χ0v) is 10.7. The summed E-state index contributed by atoms with van der Waals surface area (Å²) >= 11 is 0. The van der Waals surface area contributed by atoms with Crippen molar-refractivity contribution in [3.05, 3.63) is 24.0 Å². The van der Waals surface area contributed by atoms with Gasteiger partial charge in [0.25, 0.3) is 0 Å². The fourth-order valence-corrected chi connectivity index (χ4v) is 3.07. The molecule has 0 spiro atoms. The van der Waals surface area contributed by atoms with E-state index in [-0.39, 0.29) is 5.82 Å². The fourth-order valence-electron chi connectivity index (χ4n) is 3.07. The van der Waals surface area contributed by atoms with Crippen molar-refractivity contribution in [1.29, 1.82) is 0 Å². The largest absolute Gasteiger partial charge is 0.497 e. The van der Waals surface area contributed by atoms with Gasteiger partial charge in [-0.3, -0.25) is 0 Å². The Morgan fingerprint density at radius 2 is 2.11 bits per heavy atom. The standard InChI is InChI=1S/C14H19FN2O/c1-18-11-2-3-12(15)13(8-11)16-14-9-17-6-4-10(14)5-7-17/h2-3,8,10,14,16H,4-7,9H2,1H3. The maximum Gasteiger partial charge on any atom is 0.146 e. The molecular weight excluding hydrogens is 231 g/mol. The lowest BCUT2D eigenvalue weighted by Crippen LogP contribution is -2.53. The number of piperidine rings is 3. The maximum atomic E-state index is 13.8. The number of anilines is 1. The Bertz CT molecular complexity index is 430. The van der Waals surface area contributed by atoms with Crippen molar-refractivity contribution in [1.82, 2.24) is 4.90 Å². The van der Waals surface area contributed by atoms with Gasteiger partial charge in [-0.05, 0) is 44.0 Å². The van der Waals surface area contributed by atoms with Gasteiger partial charge in [0.15, 0.2) is 0 Å². The molecule has 4 heteroatoms. The molecule has 1 aromatic carbocycles. The van der Waals surface area contributed by atoms with Gasteiger partial charge in [-0.2, -0.15) is 0 Å². The van der Waals surface area contributed by atoms with Crippen LogP contribution >= 0.6 is 0 Å². The van der Waals surface area contributed by atoms with Crippen LogP contribution in [0.5, 0.6) is 5.75 Å². The fraction of sp³-hybridized carbons (Fsp3) is 0.571. The summed E-state index contributed by atoms with van der Waals surface area (Å²) in [4.78, 5) is 2.45. The van der Waals surface area contributed by atoms with E-state index in [0.717, 1.165) is 6.54 Å². The van der Waals surface area contributed by atoms with Crippen LogP contribution < -0.4 is 10.1 Å². The first-order chi connectivity index (χ1) is 8.76. The third-order valence-corrected chi connectivity index (χ3v) is 4.17. The lowest BCUT2D eigenvalue weighted by atomic mass is 9.84. The highest BCUT2D eigenvalue weighted by molar-refractivity contribution is 5.50. The first kappa shape index (κ1) is 11.8. The molecule has 3 nitrogen and oxygen atoms in total. The number of hydrogen-bond donors (Lipinski definition) is 1. The molecule has 1 unspecified atom stereocenters. The number of benzene rings is 1. The summed E-state index contributed by atoms with van der Waals surface area (Å²) in [6.45, 7) is 3.42. The van der Waals surface area contributed by atoms with Gasteiger partial charge in [-0.15, -0.1) is 0 Å². The summed E-state index contributed by atoms with van der Waals surface area (Å²) in [6, 6.07) is 5.22. The lowest BCUT2D eigenvalue weighted by Gasteiger charge is -2.45. The quantitative estimate of drug-likeness (QED) is 0.891. The summed E-state index contributed by atoms with van der Waals surface area (Å²) in [6.07, 6.45) is 2.45. The summed E-state index contributed by atoms with van der Waals surface area (Å²) in [5.41, 5.74) is 0.563. The van der Waals surface area contributed by atoms with Gasteiger partial charge < -0.3 is 15.0 Å². The van der Waals surface area contributed by atoms with Crippen molar-refractivity contribution in [2.75, 3.05) is 32.1 Å². The molecule has 3 heterocycles. The number of nitrogens with one attached hydrogen (secondary N) is 1. The van der Waals surface area contributed by atoms with Crippen molar-refractivity contribution in [3.63, 3.8) is 0 Å². The first-order valence-electron chi connectivity index (χ1n) is 6.58. The highest BCUT2D eigenvalue weighted by Gasteiger charge is 2.34. The van der Waals surface area contributed by atoms with Gasteiger partial charge in [0.1, 0.15) is 11.6 Å². The summed E-state index contributed by atoms with van der Waals surface area (Å²) < 4.78 is 18.9. The summed E-state index contributed by atoms with van der Waals surface area (Å²) in [5, 5.41) is 3.36. The Hall–Kier alpha value is -1.29. The molecular formula is C14H19FN2O. The highest BCUT2D eigenvalue weighted by atomic mass is 19.1. The Kier molecular flexibility index (Phi) is 3.12. The third kappa shape index (κ3) is 2.17. The molecule has 0 saturated carbocycles. The predicted molar refractivity (Wildman–Crippen MR) is 69.5 cm³/mol. The average Bonchev–Trinajstić information content (AvgIpc) is 2.43. The van der Waals surface area contributed by atoms with E-state index in [1.165, 1.54) is 32.0 Å². The topological polar surface area (TPSA) is 24.5 Å². The van der Waals surface area contributed by atoms with Gasteiger partial charge >= 0.3 is 0 Å². The second kappa shape index (κ2) is 4.76. The van der Waals surface area contributed by atoms with Crippen LogP contribution in [0, 0.1) is 11.7 Å². The van der Waals surface area contributed by atoms with Crippen molar-refractivity contribution in [3.8, 4) is 5.75 Å². The minimum atomic E-state index is -0.202. The molecule has 0 aromatic heterocycles. The van der Waals surface area contributed by atoms with Crippen molar-refractivity contribution in [2.45, 2.75) is 18.9 Å². The second-order valence-electron chi connectivity index (χ2n) is 5.23. The Labute approximate surface area is 107 Å². The van der Waals surface area contributed by atoms with Crippen molar-refractivity contribution >= 4 is 5.69 Å². The Balaban J connectivity index is 1.76. The van der Waals surface area contributed by atoms with E-state index in [4.69, 9.17) is 4.74 Å². The van der Waals surface area contributed by atoms with E-state index >= 15 is 0 Å². The molecule has 3 aliphatic rings. The number of methoxy groups -OCH3 is 1. The smallest absolute Gasteiger partial charge is 0.146 e. The molecule has 2 bridgehead atoms. The molecule has 1 N–H and O–H groups in total. The molecule has 98 valence electrons. The number of fused-ring (bicyclic) bond motifs is 3. The van der Waals surface area contributed by atoms with Gasteiger partial charge in [-0.1, -0.05) is 0 Å². The van der Waals surface area contributed by atoms with Crippen molar-refractivity contribution in [2.24, 2.45) is 5.92 Å². The van der Waals surface area contributed by atoms with Crippen LogP contribution in [0.1, 0.15) is 12.8 Å². The zero-order valence-electron chi connectivity index (χ0n) is 10.7. The van der Waals surface area contributed by atoms with Crippen LogP contribution in [-0.4, -0.2) is 37.7 Å². The van der Waals surface area contributed by atoms with E-state index in [0.29, 0.717) is 23.4 Å². The highest BCUT2D eigenvalue weighted by Crippen LogP contribution is 2.31. The van der Waals surface area contributed by atoms with Gasteiger partial charge in [-0.25, -0.2) is 4.39 Å². The SMILES string of the molecule is COc1ccc(F)c(NC2CN3CCC2CC3)c1. The van der Waals surface area contributed by atoms with E-state index < -0.39 is 0 Å². The first-order valence-corrected chi connectivity index (χ1v) is 6.58. The normalized spacial score (nSPS) is 30.2. The van der Waals surface area contributed by atoms with Gasteiger partial charge in [0.05, 0.1) is 12.8 Å². The maximum absolute atomic E-state index is 13.8. The lowest BCUT2D eigenvalue weighted by molar-refractivity contribution is 0.0974. The van der Waals surface area contributed by atoms with Gasteiger partial charge in [0.2, 0.25) is 0 Å². The minimum Gasteiger partial charge on any atom is -0.497 e. The van der Waals surface area contributed by atoms with Crippen LogP contribution in [0.2, 0.25) is 0 Å². The Morgan fingerprint density at radius 3 is 2.72 bits per heavy atom. The molecule has 0 radical (unpaired) electrons. The van der Waals surface area contributed by atoms with Gasteiger partial charge in [0, 0.05) is 18.7 Å². The molecule has 3 aliphatic heterocycles. The van der Waals surface area contributed by atoms with E-state index in [1.54, 1.807) is 19.2 Å². The van der Waals surface area contributed by atoms with Crippen LogP contribution in [0.3, 0.4) is 0 Å². The van der Waals surface area contributed by atoms with Crippen LogP contribution in [0.4, 0.5) is 10.1 Å². The van der Waals surface area contributed by atoms with E-state index in [1.807, 2.05) is 0 Å². The molecule has 3 fully saturated rings. The molecule has 1 aromatic rings. The van der Waals surface area contributed by atoms with Crippen LogP contribution in [0.25, 0.3) is 0 Å². The molecule has 0 amide bonds. The van der Waals surface area contributed by atoms with Crippen LogP contribution in [0.15, 0.2) is 18.2 Å².